The molecule has 1 fully saturated rings. The van der Waals surface area contributed by atoms with Crippen LogP contribution in [0, 0.1) is 6.92 Å². The summed E-state index contributed by atoms with van der Waals surface area (Å²) in [5, 5.41) is 2.95. The Morgan fingerprint density at radius 3 is 2.40 bits per heavy atom. The Balaban J connectivity index is 1.98. The molecule has 20 heavy (non-hydrogen) atoms. The van der Waals surface area contributed by atoms with Crippen molar-refractivity contribution in [2.45, 2.75) is 13.1 Å². The summed E-state index contributed by atoms with van der Waals surface area (Å²) in [4.78, 5) is 12.0. The van der Waals surface area contributed by atoms with E-state index in [4.69, 9.17) is 0 Å². The maximum Gasteiger partial charge on any atom is 0.401 e. The van der Waals surface area contributed by atoms with Gasteiger partial charge in [0.1, 0.15) is 17.5 Å². The lowest BCUT2D eigenvalue weighted by atomic mass is 10.3. The SMILES string of the molecule is CNc1cc(N2CCN(CC(F)(F)F)CC2)nc(C)n1. The molecule has 0 bridgehead atoms. The van der Waals surface area contributed by atoms with Crippen LogP contribution in [0.3, 0.4) is 0 Å². The van der Waals surface area contributed by atoms with Crippen molar-refractivity contribution in [2.24, 2.45) is 0 Å². The van der Waals surface area contributed by atoms with E-state index in [0.29, 0.717) is 37.8 Å². The standard InChI is InChI=1S/C12H18F3N5/c1-9-17-10(16-2)7-11(18-9)20-5-3-19(4-6-20)8-12(13,14)15/h7H,3-6,8H2,1-2H3,(H,16,17,18). The fourth-order valence-corrected chi connectivity index (χ4v) is 2.23. The summed E-state index contributed by atoms with van der Waals surface area (Å²) < 4.78 is 37.0. The number of alkyl halides is 3. The second kappa shape index (κ2) is 5.82. The molecule has 0 unspecified atom stereocenters. The molecule has 0 saturated carbocycles. The third kappa shape index (κ3) is 3.96. The lowest BCUT2D eigenvalue weighted by Gasteiger charge is -2.35. The molecule has 0 atom stereocenters. The Hall–Kier alpha value is -1.57. The minimum atomic E-state index is -4.13. The number of aryl methyl sites for hydroxylation is 1. The first-order valence-corrected chi connectivity index (χ1v) is 6.45. The number of anilines is 2. The largest absolute Gasteiger partial charge is 0.401 e. The smallest absolute Gasteiger partial charge is 0.373 e. The summed E-state index contributed by atoms with van der Waals surface area (Å²) in [6.45, 7) is 2.80. The van der Waals surface area contributed by atoms with Crippen molar-refractivity contribution in [1.29, 1.82) is 0 Å². The van der Waals surface area contributed by atoms with Gasteiger partial charge in [0.05, 0.1) is 6.54 Å². The fraction of sp³-hybridized carbons (Fsp3) is 0.667. The average molecular weight is 289 g/mol. The highest BCUT2D eigenvalue weighted by Crippen LogP contribution is 2.20. The van der Waals surface area contributed by atoms with Gasteiger partial charge >= 0.3 is 6.18 Å². The second-order valence-electron chi connectivity index (χ2n) is 4.79. The van der Waals surface area contributed by atoms with Crippen LogP contribution in [0.25, 0.3) is 0 Å². The molecule has 1 aliphatic rings. The zero-order chi connectivity index (χ0) is 14.8. The van der Waals surface area contributed by atoms with Crippen molar-refractivity contribution in [2.75, 3.05) is 50.0 Å². The minimum Gasteiger partial charge on any atom is -0.373 e. The van der Waals surface area contributed by atoms with Crippen molar-refractivity contribution in [1.82, 2.24) is 14.9 Å². The van der Waals surface area contributed by atoms with Gasteiger partial charge < -0.3 is 10.2 Å². The molecule has 1 aliphatic heterocycles. The van der Waals surface area contributed by atoms with Gasteiger partial charge in [0, 0.05) is 39.3 Å². The van der Waals surface area contributed by atoms with Crippen molar-refractivity contribution in [3.8, 4) is 0 Å². The monoisotopic (exact) mass is 289 g/mol. The van der Waals surface area contributed by atoms with Crippen LogP contribution in [0.4, 0.5) is 24.8 Å². The van der Waals surface area contributed by atoms with E-state index in [-0.39, 0.29) is 0 Å². The van der Waals surface area contributed by atoms with Crippen LogP contribution in [0.2, 0.25) is 0 Å². The van der Waals surface area contributed by atoms with E-state index in [2.05, 4.69) is 15.3 Å². The zero-order valence-electron chi connectivity index (χ0n) is 11.5. The summed E-state index contributed by atoms with van der Waals surface area (Å²) >= 11 is 0. The van der Waals surface area contributed by atoms with Gasteiger partial charge in [0.25, 0.3) is 0 Å². The van der Waals surface area contributed by atoms with E-state index in [1.54, 1.807) is 14.0 Å². The molecule has 0 spiro atoms. The third-order valence-corrected chi connectivity index (χ3v) is 3.18. The van der Waals surface area contributed by atoms with Crippen LogP contribution < -0.4 is 10.2 Å². The molecule has 0 radical (unpaired) electrons. The molecule has 8 heteroatoms. The van der Waals surface area contributed by atoms with Crippen molar-refractivity contribution in [3.63, 3.8) is 0 Å². The summed E-state index contributed by atoms with van der Waals surface area (Å²) in [6, 6.07) is 1.81. The van der Waals surface area contributed by atoms with Crippen LogP contribution in [0.5, 0.6) is 0 Å². The Morgan fingerprint density at radius 1 is 1.20 bits per heavy atom. The highest BCUT2D eigenvalue weighted by Gasteiger charge is 2.32. The highest BCUT2D eigenvalue weighted by molar-refractivity contribution is 5.49. The third-order valence-electron chi connectivity index (χ3n) is 3.18. The van der Waals surface area contributed by atoms with Gasteiger partial charge in [-0.3, -0.25) is 4.90 Å². The van der Waals surface area contributed by atoms with Gasteiger partial charge in [0.15, 0.2) is 0 Å². The zero-order valence-corrected chi connectivity index (χ0v) is 11.5. The lowest BCUT2D eigenvalue weighted by Crippen LogP contribution is -2.49. The van der Waals surface area contributed by atoms with Gasteiger partial charge in [-0.25, -0.2) is 9.97 Å². The van der Waals surface area contributed by atoms with E-state index in [9.17, 15) is 13.2 Å². The number of aromatic nitrogens is 2. The van der Waals surface area contributed by atoms with Crippen LogP contribution in [0.15, 0.2) is 6.07 Å². The van der Waals surface area contributed by atoms with E-state index in [1.165, 1.54) is 4.90 Å². The molecule has 112 valence electrons. The van der Waals surface area contributed by atoms with Gasteiger partial charge in [-0.2, -0.15) is 13.2 Å². The molecule has 0 aliphatic carbocycles. The quantitative estimate of drug-likeness (QED) is 0.914. The fourth-order valence-electron chi connectivity index (χ4n) is 2.23. The maximum atomic E-state index is 12.3. The summed E-state index contributed by atoms with van der Waals surface area (Å²) in [7, 11) is 1.77. The van der Waals surface area contributed by atoms with E-state index >= 15 is 0 Å². The van der Waals surface area contributed by atoms with Gasteiger partial charge in [0.2, 0.25) is 0 Å². The molecule has 2 rings (SSSR count). The van der Waals surface area contributed by atoms with Gasteiger partial charge in [-0.1, -0.05) is 0 Å². The number of piperazine rings is 1. The van der Waals surface area contributed by atoms with Crippen molar-refractivity contribution >= 4 is 11.6 Å². The Kier molecular flexibility index (Phi) is 4.32. The summed E-state index contributed by atoms with van der Waals surface area (Å²) in [5.74, 6) is 2.11. The maximum absolute atomic E-state index is 12.3. The number of halogens is 3. The number of hydrogen-bond donors (Lipinski definition) is 1. The molecular weight excluding hydrogens is 271 g/mol. The minimum absolute atomic E-state index is 0.386. The Morgan fingerprint density at radius 2 is 1.85 bits per heavy atom. The van der Waals surface area contributed by atoms with Crippen LogP contribution in [-0.2, 0) is 0 Å². The first-order valence-electron chi connectivity index (χ1n) is 6.45. The molecule has 1 saturated heterocycles. The van der Waals surface area contributed by atoms with Crippen LogP contribution in [-0.4, -0.2) is 60.8 Å². The summed E-state index contributed by atoms with van der Waals surface area (Å²) in [5.41, 5.74) is 0. The molecular formula is C12H18F3N5. The normalized spacial score (nSPS) is 17.4. The average Bonchev–Trinajstić information content (AvgIpc) is 2.37. The molecule has 0 amide bonds. The number of nitrogens with zero attached hydrogens (tertiary/aromatic N) is 4. The molecule has 5 nitrogen and oxygen atoms in total. The molecule has 1 aromatic rings. The Bertz CT molecular complexity index is 455. The first kappa shape index (κ1) is 14.8. The molecule has 1 N–H and O–H groups in total. The first-order chi connectivity index (χ1) is 9.37. The molecule has 1 aromatic heterocycles. The van der Waals surface area contributed by atoms with Crippen LogP contribution in [0.1, 0.15) is 5.82 Å². The highest BCUT2D eigenvalue weighted by atomic mass is 19.4. The molecule has 0 aromatic carbocycles. The predicted octanol–water partition coefficient (Wildman–Crippen LogP) is 1.51. The number of nitrogens with one attached hydrogen (secondary N) is 1. The predicted molar refractivity (Wildman–Crippen MR) is 71.0 cm³/mol. The topological polar surface area (TPSA) is 44.3 Å². The van der Waals surface area contributed by atoms with Gasteiger partial charge in [-0.15, -0.1) is 0 Å². The second-order valence-corrected chi connectivity index (χ2v) is 4.79. The number of rotatable bonds is 3. The Labute approximate surface area is 115 Å². The van der Waals surface area contributed by atoms with E-state index in [0.717, 1.165) is 5.82 Å². The van der Waals surface area contributed by atoms with E-state index in [1.807, 2.05) is 11.0 Å². The number of hydrogen-bond acceptors (Lipinski definition) is 5. The van der Waals surface area contributed by atoms with Crippen molar-refractivity contribution in [3.05, 3.63) is 11.9 Å². The molecule has 2 heterocycles. The van der Waals surface area contributed by atoms with Crippen molar-refractivity contribution < 1.29 is 13.2 Å². The lowest BCUT2D eigenvalue weighted by molar-refractivity contribution is -0.146. The van der Waals surface area contributed by atoms with Gasteiger partial charge in [-0.05, 0) is 6.92 Å². The summed E-state index contributed by atoms with van der Waals surface area (Å²) in [6.07, 6.45) is -4.13. The van der Waals surface area contributed by atoms with Crippen LogP contribution >= 0.6 is 0 Å². The van der Waals surface area contributed by atoms with E-state index < -0.39 is 12.7 Å².